The predicted octanol–water partition coefficient (Wildman–Crippen LogP) is 4.29. The number of hydrogen-bond acceptors (Lipinski definition) is 2. The molecule has 0 aliphatic carbocycles. The van der Waals surface area contributed by atoms with Crippen LogP contribution >= 0.6 is 0 Å². The number of likely N-dealkylation sites (N-methyl/N-ethyl adjacent to an activating group) is 1. The van der Waals surface area contributed by atoms with Crippen LogP contribution in [0.5, 0.6) is 5.75 Å². The van der Waals surface area contributed by atoms with Crippen LogP contribution in [0.2, 0.25) is 0 Å². The summed E-state index contributed by atoms with van der Waals surface area (Å²) in [5.41, 5.74) is 3.73. The lowest BCUT2D eigenvalue weighted by Gasteiger charge is -2.13. The van der Waals surface area contributed by atoms with E-state index in [-0.39, 0.29) is 0 Å². The first kappa shape index (κ1) is 15.6. The highest BCUT2D eigenvalue weighted by Gasteiger charge is 2.06. The van der Waals surface area contributed by atoms with Crippen molar-refractivity contribution < 1.29 is 4.74 Å². The Morgan fingerprint density at radius 3 is 2.43 bits per heavy atom. The molecule has 0 aromatic heterocycles. The van der Waals surface area contributed by atoms with Crippen LogP contribution in [0.25, 0.3) is 11.1 Å². The number of para-hydroxylation sites is 1. The second-order valence-electron chi connectivity index (χ2n) is 5.44. The molecule has 0 spiro atoms. The first-order valence-electron chi connectivity index (χ1n) is 7.73. The average molecular weight is 283 g/mol. The molecular formula is C19H25NO. The Kier molecular flexibility index (Phi) is 5.82. The highest BCUT2D eigenvalue weighted by molar-refractivity contribution is 5.70. The van der Waals surface area contributed by atoms with E-state index >= 15 is 0 Å². The molecule has 2 aromatic rings. The zero-order valence-electron chi connectivity index (χ0n) is 13.2. The van der Waals surface area contributed by atoms with Crippen LogP contribution in [-0.2, 0) is 6.42 Å². The van der Waals surface area contributed by atoms with Crippen molar-refractivity contribution in [1.29, 1.82) is 0 Å². The summed E-state index contributed by atoms with van der Waals surface area (Å²) in [6.07, 6.45) is 2.07. The van der Waals surface area contributed by atoms with E-state index in [1.54, 1.807) is 0 Å². The predicted molar refractivity (Wildman–Crippen MR) is 89.9 cm³/mol. The minimum atomic E-state index is 0.496. The van der Waals surface area contributed by atoms with E-state index in [9.17, 15) is 0 Å². The fraction of sp³-hybridized carbons (Fsp3) is 0.368. The number of rotatable bonds is 7. The van der Waals surface area contributed by atoms with Gasteiger partial charge in [0.2, 0.25) is 0 Å². The van der Waals surface area contributed by atoms with Crippen molar-refractivity contribution >= 4 is 0 Å². The van der Waals surface area contributed by atoms with Gasteiger partial charge in [-0.3, -0.25) is 0 Å². The Labute approximate surface area is 128 Å². The number of ether oxygens (including phenoxy) is 1. The highest BCUT2D eigenvalue weighted by atomic mass is 16.5. The molecular weight excluding hydrogens is 258 g/mol. The van der Waals surface area contributed by atoms with Crippen molar-refractivity contribution in [3.8, 4) is 16.9 Å². The van der Waals surface area contributed by atoms with Gasteiger partial charge in [-0.1, -0.05) is 49.4 Å². The molecule has 2 heteroatoms. The van der Waals surface area contributed by atoms with Crippen LogP contribution in [0.3, 0.4) is 0 Å². The van der Waals surface area contributed by atoms with Crippen LogP contribution < -0.4 is 10.1 Å². The van der Waals surface area contributed by atoms with Crippen LogP contribution in [0.15, 0.2) is 48.5 Å². The van der Waals surface area contributed by atoms with Gasteiger partial charge in [0.1, 0.15) is 5.75 Å². The zero-order chi connectivity index (χ0) is 15.1. The van der Waals surface area contributed by atoms with Crippen LogP contribution in [-0.4, -0.2) is 19.7 Å². The molecule has 1 N–H and O–H groups in total. The fourth-order valence-electron chi connectivity index (χ4n) is 2.32. The monoisotopic (exact) mass is 283 g/mol. The molecule has 0 bridgehead atoms. The van der Waals surface area contributed by atoms with Gasteiger partial charge in [0.15, 0.2) is 0 Å². The Bertz CT molecular complexity index is 548. The Balaban J connectivity index is 2.18. The second-order valence-corrected chi connectivity index (χ2v) is 5.44. The SMILES string of the molecule is CCCOc1ccccc1-c1ccc(CC(C)NC)cc1. The van der Waals surface area contributed by atoms with E-state index in [1.807, 2.05) is 19.2 Å². The minimum Gasteiger partial charge on any atom is -0.493 e. The van der Waals surface area contributed by atoms with Crippen LogP contribution in [0.1, 0.15) is 25.8 Å². The van der Waals surface area contributed by atoms with Crippen molar-refractivity contribution in [1.82, 2.24) is 5.32 Å². The largest absolute Gasteiger partial charge is 0.493 e. The van der Waals surface area contributed by atoms with Gasteiger partial charge in [0.05, 0.1) is 6.61 Å². The van der Waals surface area contributed by atoms with Gasteiger partial charge in [-0.15, -0.1) is 0 Å². The third-order valence-corrected chi connectivity index (χ3v) is 3.65. The quantitative estimate of drug-likeness (QED) is 0.818. The molecule has 1 unspecified atom stereocenters. The molecule has 0 fully saturated rings. The summed E-state index contributed by atoms with van der Waals surface area (Å²) in [6, 6.07) is 17.5. The van der Waals surface area contributed by atoms with E-state index in [2.05, 4.69) is 55.6 Å². The van der Waals surface area contributed by atoms with Crippen molar-refractivity contribution in [3.05, 3.63) is 54.1 Å². The lowest BCUT2D eigenvalue weighted by Crippen LogP contribution is -2.23. The second kappa shape index (κ2) is 7.84. The van der Waals surface area contributed by atoms with Crippen molar-refractivity contribution in [2.75, 3.05) is 13.7 Å². The van der Waals surface area contributed by atoms with Gasteiger partial charge in [-0.25, -0.2) is 0 Å². The molecule has 0 saturated heterocycles. The van der Waals surface area contributed by atoms with E-state index in [1.165, 1.54) is 16.7 Å². The molecule has 1 atom stereocenters. The van der Waals surface area contributed by atoms with E-state index in [0.717, 1.165) is 25.2 Å². The molecule has 2 nitrogen and oxygen atoms in total. The van der Waals surface area contributed by atoms with Crippen molar-refractivity contribution in [2.45, 2.75) is 32.7 Å². The smallest absolute Gasteiger partial charge is 0.127 e. The molecule has 0 aliphatic rings. The van der Waals surface area contributed by atoms with E-state index in [0.29, 0.717) is 6.04 Å². The molecule has 2 rings (SSSR count). The molecule has 0 saturated carbocycles. The minimum absolute atomic E-state index is 0.496. The fourth-order valence-corrected chi connectivity index (χ4v) is 2.32. The summed E-state index contributed by atoms with van der Waals surface area (Å²) in [5.74, 6) is 0.968. The van der Waals surface area contributed by atoms with Crippen molar-refractivity contribution in [2.24, 2.45) is 0 Å². The van der Waals surface area contributed by atoms with E-state index in [4.69, 9.17) is 4.74 Å². The summed E-state index contributed by atoms with van der Waals surface area (Å²) in [5, 5.41) is 3.27. The summed E-state index contributed by atoms with van der Waals surface area (Å²) in [7, 11) is 2.00. The van der Waals surface area contributed by atoms with Gasteiger partial charge in [-0.2, -0.15) is 0 Å². The normalized spacial score (nSPS) is 12.1. The maximum atomic E-state index is 5.84. The molecule has 2 aromatic carbocycles. The number of benzene rings is 2. The highest BCUT2D eigenvalue weighted by Crippen LogP contribution is 2.30. The first-order chi connectivity index (χ1) is 10.2. The maximum Gasteiger partial charge on any atom is 0.127 e. The van der Waals surface area contributed by atoms with Crippen LogP contribution in [0.4, 0.5) is 0 Å². The van der Waals surface area contributed by atoms with E-state index < -0.39 is 0 Å². The lowest BCUT2D eigenvalue weighted by atomic mass is 10.0. The number of hydrogen-bond donors (Lipinski definition) is 1. The molecule has 112 valence electrons. The topological polar surface area (TPSA) is 21.3 Å². The maximum absolute atomic E-state index is 5.84. The summed E-state index contributed by atoms with van der Waals surface area (Å²) in [4.78, 5) is 0. The number of nitrogens with one attached hydrogen (secondary N) is 1. The van der Waals surface area contributed by atoms with Crippen molar-refractivity contribution in [3.63, 3.8) is 0 Å². The molecule has 0 aliphatic heterocycles. The Morgan fingerprint density at radius 2 is 1.76 bits per heavy atom. The lowest BCUT2D eigenvalue weighted by molar-refractivity contribution is 0.318. The van der Waals surface area contributed by atoms with Gasteiger partial charge in [0.25, 0.3) is 0 Å². The molecule has 0 radical (unpaired) electrons. The summed E-state index contributed by atoms with van der Waals surface area (Å²) >= 11 is 0. The molecule has 21 heavy (non-hydrogen) atoms. The van der Waals surface area contributed by atoms with Gasteiger partial charge in [0, 0.05) is 11.6 Å². The molecule has 0 heterocycles. The standard InChI is InChI=1S/C19H25NO/c1-4-13-21-19-8-6-5-7-18(19)17-11-9-16(10-12-17)14-15(2)20-3/h5-12,15,20H,4,13-14H2,1-3H3. The third kappa shape index (κ3) is 4.33. The summed E-state index contributed by atoms with van der Waals surface area (Å²) in [6.45, 7) is 5.08. The van der Waals surface area contributed by atoms with Gasteiger partial charge in [-0.05, 0) is 44.0 Å². The first-order valence-corrected chi connectivity index (χ1v) is 7.73. The Hall–Kier alpha value is -1.80. The third-order valence-electron chi connectivity index (χ3n) is 3.65. The van der Waals surface area contributed by atoms with Gasteiger partial charge >= 0.3 is 0 Å². The van der Waals surface area contributed by atoms with Crippen LogP contribution in [0, 0.1) is 0 Å². The van der Waals surface area contributed by atoms with Gasteiger partial charge < -0.3 is 10.1 Å². The Morgan fingerprint density at radius 1 is 1.05 bits per heavy atom. The average Bonchev–Trinajstić information content (AvgIpc) is 2.54. The summed E-state index contributed by atoms with van der Waals surface area (Å²) < 4.78 is 5.84. The zero-order valence-corrected chi connectivity index (χ0v) is 13.2. The molecule has 0 amide bonds.